The first-order chi connectivity index (χ1) is 13.2. The fraction of sp³-hybridized carbons (Fsp3) is 0.368. The summed E-state index contributed by atoms with van der Waals surface area (Å²) in [6.45, 7) is 9.31. The molecule has 0 atom stereocenters. The van der Waals surface area contributed by atoms with Gasteiger partial charge in [0, 0.05) is 24.8 Å². The van der Waals surface area contributed by atoms with E-state index in [-0.39, 0.29) is 16.3 Å². The molecule has 0 saturated carbocycles. The van der Waals surface area contributed by atoms with Gasteiger partial charge in [0.1, 0.15) is 0 Å². The maximum absolute atomic E-state index is 12.0. The third-order valence-corrected chi connectivity index (χ3v) is 6.19. The molecule has 0 saturated heterocycles. The molecular formula is C19H24N4O4S. The summed E-state index contributed by atoms with van der Waals surface area (Å²) in [4.78, 5) is 12.8. The average Bonchev–Trinajstić information content (AvgIpc) is 2.68. The van der Waals surface area contributed by atoms with Crippen molar-refractivity contribution in [3.8, 4) is 0 Å². The Kier molecular flexibility index (Phi) is 6.85. The predicted molar refractivity (Wildman–Crippen MR) is 110 cm³/mol. The quantitative estimate of drug-likeness (QED) is 0.351. The van der Waals surface area contributed by atoms with Gasteiger partial charge in [0.05, 0.1) is 21.3 Å². The molecule has 0 bridgehead atoms. The number of sulfone groups is 1. The molecule has 0 aliphatic carbocycles. The summed E-state index contributed by atoms with van der Waals surface area (Å²) in [5, 5.41) is 19.5. The van der Waals surface area contributed by atoms with Gasteiger partial charge in [-0.15, -0.1) is 5.11 Å². The van der Waals surface area contributed by atoms with E-state index in [2.05, 4.69) is 29.0 Å². The first-order valence-corrected chi connectivity index (χ1v) is 10.7. The third kappa shape index (κ3) is 4.72. The van der Waals surface area contributed by atoms with Gasteiger partial charge in [-0.25, -0.2) is 8.42 Å². The van der Waals surface area contributed by atoms with Crippen LogP contribution in [0.5, 0.6) is 0 Å². The standard InChI is InChI=1S/C19H24N4O4S/c1-5-22(6-2)15-8-10-17(14(4)12-15)20-21-18-11-9-16(28(26,27)7-3)13-19(18)23(24)25/h8-13H,5-7H2,1-4H3. The molecule has 9 heteroatoms. The van der Waals surface area contributed by atoms with Crippen molar-refractivity contribution in [2.45, 2.75) is 32.6 Å². The fourth-order valence-corrected chi connectivity index (χ4v) is 3.64. The molecular weight excluding hydrogens is 380 g/mol. The van der Waals surface area contributed by atoms with Crippen LogP contribution < -0.4 is 4.90 Å². The second kappa shape index (κ2) is 8.92. The van der Waals surface area contributed by atoms with Crippen LogP contribution in [0.2, 0.25) is 0 Å². The molecule has 0 radical (unpaired) electrons. The Hall–Kier alpha value is -2.81. The summed E-state index contributed by atoms with van der Waals surface area (Å²) in [6, 6.07) is 9.39. The highest BCUT2D eigenvalue weighted by atomic mass is 32.2. The van der Waals surface area contributed by atoms with Crippen LogP contribution in [0.3, 0.4) is 0 Å². The highest BCUT2D eigenvalue weighted by molar-refractivity contribution is 7.91. The van der Waals surface area contributed by atoms with Gasteiger partial charge in [-0.2, -0.15) is 5.11 Å². The van der Waals surface area contributed by atoms with E-state index in [0.717, 1.165) is 30.4 Å². The van der Waals surface area contributed by atoms with Gasteiger partial charge >= 0.3 is 0 Å². The van der Waals surface area contributed by atoms with Crippen molar-refractivity contribution in [1.82, 2.24) is 0 Å². The van der Waals surface area contributed by atoms with Crippen molar-refractivity contribution in [3.63, 3.8) is 0 Å². The van der Waals surface area contributed by atoms with E-state index in [9.17, 15) is 18.5 Å². The molecule has 2 rings (SSSR count). The van der Waals surface area contributed by atoms with Crippen LogP contribution >= 0.6 is 0 Å². The van der Waals surface area contributed by atoms with Gasteiger partial charge in [0.15, 0.2) is 15.5 Å². The highest BCUT2D eigenvalue weighted by Crippen LogP contribution is 2.33. The highest BCUT2D eigenvalue weighted by Gasteiger charge is 2.20. The topological polar surface area (TPSA) is 105 Å². The molecule has 28 heavy (non-hydrogen) atoms. The second-order valence-corrected chi connectivity index (χ2v) is 8.43. The third-order valence-electron chi connectivity index (χ3n) is 4.46. The van der Waals surface area contributed by atoms with Gasteiger partial charge in [0.2, 0.25) is 0 Å². The van der Waals surface area contributed by atoms with Crippen molar-refractivity contribution >= 4 is 32.6 Å². The zero-order valence-corrected chi connectivity index (χ0v) is 17.2. The summed E-state index contributed by atoms with van der Waals surface area (Å²) < 4.78 is 23.9. The number of azo groups is 1. The average molecular weight is 404 g/mol. The molecule has 0 heterocycles. The van der Waals surface area contributed by atoms with Crippen molar-refractivity contribution in [2.75, 3.05) is 23.7 Å². The van der Waals surface area contributed by atoms with E-state index < -0.39 is 20.4 Å². The molecule has 0 aliphatic rings. The largest absolute Gasteiger partial charge is 0.372 e. The Morgan fingerprint density at radius 2 is 1.61 bits per heavy atom. The van der Waals surface area contributed by atoms with Gasteiger partial charge in [-0.3, -0.25) is 10.1 Å². The molecule has 8 nitrogen and oxygen atoms in total. The second-order valence-electron chi connectivity index (χ2n) is 6.15. The van der Waals surface area contributed by atoms with E-state index in [1.54, 1.807) is 0 Å². The van der Waals surface area contributed by atoms with Gasteiger partial charge < -0.3 is 4.90 Å². The lowest BCUT2D eigenvalue weighted by Crippen LogP contribution is -2.21. The zero-order valence-electron chi connectivity index (χ0n) is 16.4. The number of nitrogens with zero attached hydrogens (tertiary/aromatic N) is 4. The number of rotatable bonds is 8. The molecule has 0 aliphatic heterocycles. The van der Waals surface area contributed by atoms with Crippen LogP contribution in [0.25, 0.3) is 0 Å². The van der Waals surface area contributed by atoms with Crippen LogP contribution in [0.15, 0.2) is 51.5 Å². The van der Waals surface area contributed by atoms with Crippen LogP contribution in [-0.4, -0.2) is 32.2 Å². The predicted octanol–water partition coefficient (Wildman–Crippen LogP) is 4.96. The smallest absolute Gasteiger partial charge is 0.298 e. The summed E-state index contributed by atoms with van der Waals surface area (Å²) >= 11 is 0. The Bertz CT molecular complexity index is 999. The summed E-state index contributed by atoms with van der Waals surface area (Å²) in [7, 11) is -3.54. The van der Waals surface area contributed by atoms with E-state index in [4.69, 9.17) is 0 Å². The molecule has 0 aromatic heterocycles. The molecule has 2 aromatic rings. The molecule has 0 fully saturated rings. The van der Waals surface area contributed by atoms with Crippen LogP contribution in [0.4, 0.5) is 22.7 Å². The van der Waals surface area contributed by atoms with E-state index in [0.29, 0.717) is 5.69 Å². The lowest BCUT2D eigenvalue weighted by molar-refractivity contribution is -0.384. The minimum atomic E-state index is -3.54. The normalized spacial score (nSPS) is 11.7. The molecule has 2 aromatic carbocycles. The Labute approximate surface area is 165 Å². The number of benzene rings is 2. The van der Waals surface area contributed by atoms with E-state index in [1.165, 1.54) is 19.1 Å². The van der Waals surface area contributed by atoms with Crippen LogP contribution in [-0.2, 0) is 9.84 Å². The number of nitro benzene ring substituents is 1. The minimum absolute atomic E-state index is 0.00673. The number of aryl methyl sites for hydroxylation is 1. The number of nitro groups is 1. The van der Waals surface area contributed by atoms with E-state index >= 15 is 0 Å². The maximum Gasteiger partial charge on any atom is 0.298 e. The van der Waals surface area contributed by atoms with Crippen molar-refractivity contribution in [1.29, 1.82) is 0 Å². The van der Waals surface area contributed by atoms with Crippen molar-refractivity contribution < 1.29 is 13.3 Å². The van der Waals surface area contributed by atoms with Crippen molar-refractivity contribution in [2.24, 2.45) is 10.2 Å². The molecule has 0 amide bonds. The minimum Gasteiger partial charge on any atom is -0.372 e. The molecule has 0 N–H and O–H groups in total. The SMILES string of the molecule is CCN(CC)c1ccc(N=Nc2ccc(S(=O)(=O)CC)cc2[N+](=O)[O-])c(C)c1. The van der Waals surface area contributed by atoms with Gasteiger partial charge in [-0.1, -0.05) is 6.92 Å². The molecule has 0 unspecified atom stereocenters. The van der Waals surface area contributed by atoms with Crippen LogP contribution in [0, 0.1) is 17.0 Å². The number of anilines is 1. The van der Waals surface area contributed by atoms with E-state index in [1.807, 2.05) is 25.1 Å². The van der Waals surface area contributed by atoms with Gasteiger partial charge in [0.25, 0.3) is 5.69 Å². The number of hydrogen-bond acceptors (Lipinski definition) is 7. The number of hydrogen-bond donors (Lipinski definition) is 0. The molecule has 0 spiro atoms. The van der Waals surface area contributed by atoms with Crippen molar-refractivity contribution in [3.05, 3.63) is 52.1 Å². The Balaban J connectivity index is 2.40. The molecule has 150 valence electrons. The Morgan fingerprint density at radius 3 is 2.14 bits per heavy atom. The van der Waals surface area contributed by atoms with Crippen LogP contribution in [0.1, 0.15) is 26.3 Å². The summed E-state index contributed by atoms with van der Waals surface area (Å²) in [6.07, 6.45) is 0. The maximum atomic E-state index is 12.0. The lowest BCUT2D eigenvalue weighted by Gasteiger charge is -2.21. The summed E-state index contributed by atoms with van der Waals surface area (Å²) in [5.74, 6) is -0.136. The fourth-order valence-electron chi connectivity index (χ4n) is 2.74. The summed E-state index contributed by atoms with van der Waals surface area (Å²) in [5.41, 5.74) is 2.17. The zero-order chi connectivity index (χ0) is 20.9. The lowest BCUT2D eigenvalue weighted by atomic mass is 10.1. The van der Waals surface area contributed by atoms with Gasteiger partial charge in [-0.05, 0) is 56.7 Å². The monoisotopic (exact) mass is 404 g/mol. The Morgan fingerprint density at radius 1 is 1.00 bits per heavy atom. The first-order valence-electron chi connectivity index (χ1n) is 9.02. The first kappa shape index (κ1) is 21.5.